The molecular weight excluding hydrogens is 173 g/mol. The molecule has 0 saturated carbocycles. The fraction of sp³-hybridized carbons (Fsp3) is 0. The van der Waals surface area contributed by atoms with Gasteiger partial charge in [0.15, 0.2) is 0 Å². The highest BCUT2D eigenvalue weighted by atomic mass is 35.5. The Morgan fingerprint density at radius 3 is 2.70 bits per heavy atom. The van der Waals surface area contributed by atoms with Gasteiger partial charge in [0.05, 0.1) is 16.9 Å². The van der Waals surface area contributed by atoms with Gasteiger partial charge in [-0.3, -0.25) is 10.8 Å². The minimum absolute atomic E-state index is 0. The summed E-state index contributed by atoms with van der Waals surface area (Å²) in [6.07, 6.45) is 3.16. The van der Waals surface area contributed by atoms with Gasteiger partial charge < -0.3 is 5.43 Å². The van der Waals surface area contributed by atoms with Crippen LogP contribution in [0, 0.1) is 0 Å². The first-order chi connectivity index (χ1) is 4.34. The van der Waals surface area contributed by atoms with Crippen LogP contribution in [0.5, 0.6) is 0 Å². The van der Waals surface area contributed by atoms with Gasteiger partial charge in [-0.15, -0.1) is 12.4 Å². The number of anilines is 1. The van der Waals surface area contributed by atoms with Gasteiger partial charge in [-0.25, -0.2) is 0 Å². The van der Waals surface area contributed by atoms with Crippen molar-refractivity contribution in [1.82, 2.24) is 4.98 Å². The Hall–Kier alpha value is -0.510. The first-order valence-corrected chi connectivity index (χ1v) is 2.78. The molecule has 0 spiro atoms. The van der Waals surface area contributed by atoms with E-state index in [-0.39, 0.29) is 12.4 Å². The molecule has 1 heterocycles. The molecule has 0 unspecified atom stereocenters. The van der Waals surface area contributed by atoms with Crippen molar-refractivity contribution in [3.8, 4) is 0 Å². The zero-order valence-electron chi connectivity index (χ0n) is 5.04. The van der Waals surface area contributed by atoms with Crippen molar-refractivity contribution in [2.75, 3.05) is 5.43 Å². The van der Waals surface area contributed by atoms with Crippen molar-refractivity contribution in [3.63, 3.8) is 0 Å². The lowest BCUT2D eigenvalue weighted by Gasteiger charge is -1.98. The van der Waals surface area contributed by atoms with Crippen LogP contribution in [0.2, 0.25) is 5.02 Å². The lowest BCUT2D eigenvalue weighted by atomic mass is 10.4. The number of nitrogen functional groups attached to an aromatic ring is 1. The molecule has 0 aromatic carbocycles. The summed E-state index contributed by atoms with van der Waals surface area (Å²) in [7, 11) is 0. The Labute approximate surface area is 70.0 Å². The maximum Gasteiger partial charge on any atom is 0.0858 e. The van der Waals surface area contributed by atoms with E-state index in [1.54, 1.807) is 18.5 Å². The average molecular weight is 180 g/mol. The quantitative estimate of drug-likeness (QED) is 0.507. The second-order valence-electron chi connectivity index (χ2n) is 1.50. The number of hydrazine groups is 1. The first-order valence-electron chi connectivity index (χ1n) is 2.40. The summed E-state index contributed by atoms with van der Waals surface area (Å²) in [4.78, 5) is 3.79. The van der Waals surface area contributed by atoms with Crippen molar-refractivity contribution >= 4 is 29.7 Å². The molecule has 3 N–H and O–H groups in total. The molecule has 0 amide bonds. The van der Waals surface area contributed by atoms with Gasteiger partial charge in [-0.05, 0) is 6.07 Å². The number of halogens is 2. The van der Waals surface area contributed by atoms with E-state index in [1.165, 1.54) is 0 Å². The van der Waals surface area contributed by atoms with E-state index in [2.05, 4.69) is 10.4 Å². The predicted molar refractivity (Wildman–Crippen MR) is 44.3 cm³/mol. The first kappa shape index (κ1) is 9.49. The van der Waals surface area contributed by atoms with Crippen LogP contribution < -0.4 is 11.3 Å². The molecule has 10 heavy (non-hydrogen) atoms. The van der Waals surface area contributed by atoms with Crippen LogP contribution in [0.25, 0.3) is 0 Å². The molecule has 0 aliphatic carbocycles. The van der Waals surface area contributed by atoms with E-state index in [4.69, 9.17) is 17.4 Å². The number of nitrogens with zero attached hydrogens (tertiary/aromatic N) is 1. The maximum atomic E-state index is 5.64. The number of aromatic nitrogens is 1. The third kappa shape index (κ3) is 2.02. The molecule has 0 fully saturated rings. The number of nitrogens with two attached hydrogens (primary N) is 1. The number of pyridine rings is 1. The topological polar surface area (TPSA) is 50.9 Å². The monoisotopic (exact) mass is 179 g/mol. The fourth-order valence-electron chi connectivity index (χ4n) is 0.484. The Morgan fingerprint density at radius 2 is 2.30 bits per heavy atom. The number of nitrogens with one attached hydrogen (secondary N) is 1. The Balaban J connectivity index is 0.000000810. The predicted octanol–water partition coefficient (Wildman–Crippen LogP) is 1.44. The van der Waals surface area contributed by atoms with Crippen LogP contribution in [0.1, 0.15) is 0 Å². The highest BCUT2D eigenvalue weighted by molar-refractivity contribution is 6.33. The smallest absolute Gasteiger partial charge is 0.0858 e. The molecule has 0 atom stereocenters. The van der Waals surface area contributed by atoms with Crippen molar-refractivity contribution in [2.45, 2.75) is 0 Å². The van der Waals surface area contributed by atoms with Crippen LogP contribution in [0.3, 0.4) is 0 Å². The summed E-state index contributed by atoms with van der Waals surface area (Å²) >= 11 is 5.64. The molecule has 0 radical (unpaired) electrons. The minimum Gasteiger partial charge on any atom is -0.321 e. The molecule has 1 aromatic rings. The van der Waals surface area contributed by atoms with E-state index >= 15 is 0 Å². The van der Waals surface area contributed by atoms with Gasteiger partial charge in [0.2, 0.25) is 0 Å². The molecule has 0 aliphatic heterocycles. The zero-order valence-corrected chi connectivity index (χ0v) is 6.62. The van der Waals surface area contributed by atoms with Crippen LogP contribution in [-0.4, -0.2) is 4.98 Å². The Bertz CT molecular complexity index is 204. The maximum absolute atomic E-state index is 5.64. The molecule has 56 valence electrons. The van der Waals surface area contributed by atoms with Crippen molar-refractivity contribution in [2.24, 2.45) is 5.84 Å². The normalized spacial score (nSPS) is 8.20. The van der Waals surface area contributed by atoms with Crippen molar-refractivity contribution in [3.05, 3.63) is 23.5 Å². The summed E-state index contributed by atoms with van der Waals surface area (Å²) in [6, 6.07) is 1.66. The number of rotatable bonds is 1. The molecular formula is C5H7Cl2N3. The van der Waals surface area contributed by atoms with Gasteiger partial charge in [0, 0.05) is 6.20 Å². The highest BCUT2D eigenvalue weighted by Crippen LogP contribution is 2.16. The third-order valence-corrected chi connectivity index (χ3v) is 1.25. The van der Waals surface area contributed by atoms with Crippen LogP contribution in [-0.2, 0) is 0 Å². The van der Waals surface area contributed by atoms with Gasteiger partial charge >= 0.3 is 0 Å². The van der Waals surface area contributed by atoms with Gasteiger partial charge in [0.1, 0.15) is 0 Å². The fourth-order valence-corrected chi connectivity index (χ4v) is 0.643. The molecule has 3 nitrogen and oxygen atoms in total. The van der Waals surface area contributed by atoms with Crippen molar-refractivity contribution < 1.29 is 0 Å². The minimum atomic E-state index is 0. The second-order valence-corrected chi connectivity index (χ2v) is 1.91. The summed E-state index contributed by atoms with van der Waals surface area (Å²) in [5.41, 5.74) is 3.04. The summed E-state index contributed by atoms with van der Waals surface area (Å²) in [6.45, 7) is 0. The highest BCUT2D eigenvalue weighted by Gasteiger charge is 1.92. The second kappa shape index (κ2) is 4.33. The molecule has 1 rings (SSSR count). The van der Waals surface area contributed by atoms with Gasteiger partial charge in [-0.1, -0.05) is 11.6 Å². The van der Waals surface area contributed by atoms with Crippen LogP contribution in [0.4, 0.5) is 5.69 Å². The average Bonchev–Trinajstić information content (AvgIpc) is 1.89. The lowest BCUT2D eigenvalue weighted by molar-refractivity contribution is 1.27. The summed E-state index contributed by atoms with van der Waals surface area (Å²) in [5.74, 6) is 5.08. The summed E-state index contributed by atoms with van der Waals surface area (Å²) in [5, 5.41) is 0.576. The van der Waals surface area contributed by atoms with E-state index in [0.717, 1.165) is 0 Å². The molecule has 0 aliphatic rings. The Kier molecular flexibility index (Phi) is 4.11. The van der Waals surface area contributed by atoms with Crippen LogP contribution >= 0.6 is 24.0 Å². The molecule has 5 heteroatoms. The van der Waals surface area contributed by atoms with Gasteiger partial charge in [-0.2, -0.15) is 0 Å². The van der Waals surface area contributed by atoms with Crippen LogP contribution in [0.15, 0.2) is 18.5 Å². The standard InChI is InChI=1S/C5H6ClN3.ClH/c6-4-1-2-8-3-5(4)9-7;/h1-3,9H,7H2;1H. The lowest BCUT2D eigenvalue weighted by Crippen LogP contribution is -2.07. The molecule has 0 bridgehead atoms. The zero-order chi connectivity index (χ0) is 6.69. The van der Waals surface area contributed by atoms with Crippen molar-refractivity contribution in [1.29, 1.82) is 0 Å². The SMILES string of the molecule is Cl.NNc1cnccc1Cl. The molecule has 1 aromatic heterocycles. The van der Waals surface area contributed by atoms with E-state index in [9.17, 15) is 0 Å². The summed E-state index contributed by atoms with van der Waals surface area (Å²) < 4.78 is 0. The number of hydrogen-bond donors (Lipinski definition) is 2. The largest absolute Gasteiger partial charge is 0.321 e. The van der Waals surface area contributed by atoms with E-state index in [1.807, 2.05) is 0 Å². The van der Waals surface area contributed by atoms with Gasteiger partial charge in [0.25, 0.3) is 0 Å². The Morgan fingerprint density at radius 1 is 1.60 bits per heavy atom. The molecule has 0 saturated heterocycles. The number of hydrogen-bond acceptors (Lipinski definition) is 3. The van der Waals surface area contributed by atoms with E-state index < -0.39 is 0 Å². The third-order valence-electron chi connectivity index (χ3n) is 0.923. The van der Waals surface area contributed by atoms with E-state index in [0.29, 0.717) is 10.7 Å².